The third-order valence-corrected chi connectivity index (χ3v) is 4.69. The molecule has 28 heavy (non-hydrogen) atoms. The van der Waals surface area contributed by atoms with Crippen LogP contribution in [0.5, 0.6) is 5.75 Å². The summed E-state index contributed by atoms with van der Waals surface area (Å²) in [5.74, 6) is 0.331. The molecule has 0 aliphatic carbocycles. The third kappa shape index (κ3) is 3.74. The number of allylic oxidation sites excluding steroid dienone is 1. The first-order chi connectivity index (χ1) is 13.4. The molecule has 2 aliphatic heterocycles. The molecule has 0 fully saturated rings. The lowest BCUT2D eigenvalue weighted by atomic mass is 9.98. The Hall–Kier alpha value is -3.22. The fraction of sp³-hybridized carbons (Fsp3) is 0.333. The van der Waals surface area contributed by atoms with E-state index in [1.54, 1.807) is 26.2 Å². The van der Waals surface area contributed by atoms with E-state index < -0.39 is 11.5 Å². The van der Waals surface area contributed by atoms with Crippen LogP contribution in [-0.2, 0) is 20.7 Å². The zero-order chi connectivity index (χ0) is 19.7. The first-order valence-electron chi connectivity index (χ1n) is 9.17. The summed E-state index contributed by atoms with van der Waals surface area (Å²) in [6.45, 7) is 3.89. The predicted molar refractivity (Wildman–Crippen MR) is 101 cm³/mol. The highest BCUT2D eigenvalue weighted by molar-refractivity contribution is 6.01. The van der Waals surface area contributed by atoms with Gasteiger partial charge in [-0.05, 0) is 19.4 Å². The first kappa shape index (κ1) is 18.2. The van der Waals surface area contributed by atoms with Crippen LogP contribution in [0.25, 0.3) is 11.1 Å². The van der Waals surface area contributed by atoms with Gasteiger partial charge >= 0.3 is 0 Å². The van der Waals surface area contributed by atoms with Gasteiger partial charge in [0.15, 0.2) is 11.5 Å². The number of ketones is 1. The Morgan fingerprint density at radius 2 is 2.07 bits per heavy atom. The quantitative estimate of drug-likeness (QED) is 0.876. The second-order valence-corrected chi connectivity index (χ2v) is 7.59. The highest BCUT2D eigenvalue weighted by Crippen LogP contribution is 2.38. The van der Waals surface area contributed by atoms with Gasteiger partial charge in [0.25, 0.3) is 5.91 Å². The number of nitrogens with zero attached hydrogens (tertiary/aromatic N) is 2. The van der Waals surface area contributed by atoms with E-state index in [-0.39, 0.29) is 24.1 Å². The standard InChI is InChI=1S/C21H21N3O4/c1-21(2)8-15(25)7-18(28-21)20(26)24-11-16-6-13-4-3-5-17(19(13)27-16)14-9-22-12-23-10-14/h3-5,7,9-10,12,16H,6,8,11H2,1-2H3,(H,24,26). The number of hydrogen-bond acceptors (Lipinski definition) is 6. The molecule has 144 valence electrons. The van der Waals surface area contributed by atoms with Crippen molar-refractivity contribution in [3.63, 3.8) is 0 Å². The van der Waals surface area contributed by atoms with E-state index in [1.165, 1.54) is 12.4 Å². The Morgan fingerprint density at radius 3 is 2.82 bits per heavy atom. The Labute approximate surface area is 162 Å². The van der Waals surface area contributed by atoms with E-state index in [1.807, 2.05) is 18.2 Å². The van der Waals surface area contributed by atoms with Crippen LogP contribution in [0.4, 0.5) is 0 Å². The van der Waals surface area contributed by atoms with Gasteiger partial charge in [-0.3, -0.25) is 9.59 Å². The van der Waals surface area contributed by atoms with Crippen LogP contribution >= 0.6 is 0 Å². The number of benzene rings is 1. The number of rotatable bonds is 4. The minimum absolute atomic E-state index is 0.0545. The highest BCUT2D eigenvalue weighted by Gasteiger charge is 2.32. The van der Waals surface area contributed by atoms with Gasteiger partial charge in [-0.15, -0.1) is 0 Å². The highest BCUT2D eigenvalue weighted by atomic mass is 16.5. The monoisotopic (exact) mass is 379 g/mol. The molecule has 1 unspecified atom stereocenters. The lowest BCUT2D eigenvalue weighted by Crippen LogP contribution is -2.40. The number of aromatic nitrogens is 2. The summed E-state index contributed by atoms with van der Waals surface area (Å²) in [4.78, 5) is 32.4. The maximum absolute atomic E-state index is 12.4. The van der Waals surface area contributed by atoms with E-state index in [2.05, 4.69) is 15.3 Å². The Morgan fingerprint density at radius 1 is 1.29 bits per heavy atom. The summed E-state index contributed by atoms with van der Waals surface area (Å²) in [6.07, 6.45) is 6.98. The van der Waals surface area contributed by atoms with Crippen LogP contribution in [-0.4, -0.2) is 39.9 Å². The van der Waals surface area contributed by atoms with Gasteiger partial charge in [0, 0.05) is 42.4 Å². The molecule has 7 nitrogen and oxygen atoms in total. The molecule has 1 atom stereocenters. The SMILES string of the molecule is CC1(C)CC(=O)C=C(C(=O)NCC2Cc3cccc(-c4cncnc4)c3O2)O1. The Kier molecular flexibility index (Phi) is 4.58. The molecule has 0 bridgehead atoms. The zero-order valence-corrected chi connectivity index (χ0v) is 15.8. The lowest BCUT2D eigenvalue weighted by molar-refractivity contribution is -0.131. The second kappa shape index (κ2) is 7.07. The average molecular weight is 379 g/mol. The number of ether oxygens (including phenoxy) is 2. The van der Waals surface area contributed by atoms with Crippen LogP contribution in [0.3, 0.4) is 0 Å². The molecule has 0 spiro atoms. The molecule has 1 aromatic carbocycles. The number of nitrogens with one attached hydrogen (secondary N) is 1. The fourth-order valence-electron chi connectivity index (χ4n) is 3.50. The van der Waals surface area contributed by atoms with Crippen LogP contribution < -0.4 is 10.1 Å². The summed E-state index contributed by atoms with van der Waals surface area (Å²) in [5.41, 5.74) is 2.21. The summed E-state index contributed by atoms with van der Waals surface area (Å²) in [7, 11) is 0. The molecule has 2 aliphatic rings. The van der Waals surface area contributed by atoms with Gasteiger partial charge in [-0.2, -0.15) is 0 Å². The number of para-hydroxylation sites is 1. The van der Waals surface area contributed by atoms with E-state index in [0.717, 1.165) is 22.4 Å². The van der Waals surface area contributed by atoms with Gasteiger partial charge in [-0.25, -0.2) is 9.97 Å². The number of carbonyl (C=O) groups excluding carboxylic acids is 2. The average Bonchev–Trinajstić information content (AvgIpc) is 3.08. The molecule has 7 heteroatoms. The maximum Gasteiger partial charge on any atom is 0.286 e. The maximum atomic E-state index is 12.4. The van der Waals surface area contributed by atoms with Crippen LogP contribution in [0.1, 0.15) is 25.8 Å². The van der Waals surface area contributed by atoms with Crippen molar-refractivity contribution in [3.05, 3.63) is 54.3 Å². The first-order valence-corrected chi connectivity index (χ1v) is 9.17. The van der Waals surface area contributed by atoms with Gasteiger partial charge in [0.05, 0.1) is 6.54 Å². The Bertz CT molecular complexity index is 953. The van der Waals surface area contributed by atoms with Crippen molar-refractivity contribution in [2.75, 3.05) is 6.54 Å². The van der Waals surface area contributed by atoms with Crippen LogP contribution in [0.2, 0.25) is 0 Å². The van der Waals surface area contributed by atoms with Crippen LogP contribution in [0, 0.1) is 0 Å². The summed E-state index contributed by atoms with van der Waals surface area (Å²) in [5, 5.41) is 2.81. The minimum Gasteiger partial charge on any atom is -0.487 e. The number of amides is 1. The molecule has 4 rings (SSSR count). The van der Waals surface area contributed by atoms with Gasteiger partial charge in [-0.1, -0.05) is 18.2 Å². The molecule has 0 saturated carbocycles. The number of carbonyl (C=O) groups is 2. The smallest absolute Gasteiger partial charge is 0.286 e. The van der Waals surface area contributed by atoms with E-state index in [0.29, 0.717) is 13.0 Å². The van der Waals surface area contributed by atoms with Crippen molar-refractivity contribution < 1.29 is 19.1 Å². The number of hydrogen-bond donors (Lipinski definition) is 1. The summed E-state index contributed by atoms with van der Waals surface area (Å²) < 4.78 is 11.7. The molecular weight excluding hydrogens is 358 g/mol. The normalized spacial score (nSPS) is 19.9. The third-order valence-electron chi connectivity index (χ3n) is 4.69. The minimum atomic E-state index is -0.675. The molecule has 2 aromatic rings. The molecule has 0 radical (unpaired) electrons. The summed E-state index contributed by atoms with van der Waals surface area (Å²) in [6, 6.07) is 5.95. The second-order valence-electron chi connectivity index (χ2n) is 7.59. The van der Waals surface area contributed by atoms with Crippen LogP contribution in [0.15, 0.2) is 48.8 Å². The topological polar surface area (TPSA) is 90.4 Å². The molecular formula is C21H21N3O4. The van der Waals surface area contributed by atoms with Gasteiger partial charge in [0.1, 0.15) is 23.8 Å². The fourth-order valence-corrected chi connectivity index (χ4v) is 3.50. The molecule has 0 saturated heterocycles. The zero-order valence-electron chi connectivity index (χ0n) is 15.8. The predicted octanol–water partition coefficient (Wildman–Crippen LogP) is 2.22. The lowest BCUT2D eigenvalue weighted by Gasteiger charge is -2.29. The molecule has 1 N–H and O–H groups in total. The Balaban J connectivity index is 1.42. The van der Waals surface area contributed by atoms with Crippen molar-refractivity contribution in [2.24, 2.45) is 0 Å². The van der Waals surface area contributed by atoms with Crippen molar-refractivity contribution >= 4 is 11.7 Å². The van der Waals surface area contributed by atoms with E-state index >= 15 is 0 Å². The largest absolute Gasteiger partial charge is 0.487 e. The molecule has 1 amide bonds. The van der Waals surface area contributed by atoms with E-state index in [4.69, 9.17) is 9.47 Å². The van der Waals surface area contributed by atoms with Crippen molar-refractivity contribution in [2.45, 2.75) is 38.4 Å². The van der Waals surface area contributed by atoms with Crippen molar-refractivity contribution in [3.8, 4) is 16.9 Å². The van der Waals surface area contributed by atoms with E-state index in [9.17, 15) is 9.59 Å². The van der Waals surface area contributed by atoms with Gasteiger partial charge < -0.3 is 14.8 Å². The molecule has 1 aromatic heterocycles. The molecule has 3 heterocycles. The van der Waals surface area contributed by atoms with Crippen molar-refractivity contribution in [1.29, 1.82) is 0 Å². The number of fused-ring (bicyclic) bond motifs is 1. The summed E-state index contributed by atoms with van der Waals surface area (Å²) >= 11 is 0. The van der Waals surface area contributed by atoms with Gasteiger partial charge in [0.2, 0.25) is 0 Å². The van der Waals surface area contributed by atoms with Crippen molar-refractivity contribution in [1.82, 2.24) is 15.3 Å².